The molecule has 0 saturated carbocycles. The number of nitrogens with zero attached hydrogens (tertiary/aromatic N) is 1. The molecule has 0 saturated heterocycles. The fourth-order valence-electron chi connectivity index (χ4n) is 3.32. The van der Waals surface area contributed by atoms with Crippen LogP contribution >= 0.6 is 22.6 Å². The van der Waals surface area contributed by atoms with Gasteiger partial charge in [0.1, 0.15) is 12.4 Å². The molecule has 6 nitrogen and oxygen atoms in total. The summed E-state index contributed by atoms with van der Waals surface area (Å²) in [6.07, 6.45) is 1.19. The molecule has 0 heterocycles. The molecule has 0 fully saturated rings. The lowest BCUT2D eigenvalue weighted by atomic mass is 10.1. The van der Waals surface area contributed by atoms with Crippen LogP contribution in [0.15, 0.2) is 66.7 Å². The van der Waals surface area contributed by atoms with Crippen LogP contribution in [0.5, 0.6) is 5.75 Å². The number of hydrogen-bond donors (Lipinski definition) is 1. The van der Waals surface area contributed by atoms with E-state index < -0.39 is 10.0 Å². The second kappa shape index (κ2) is 11.0. The number of rotatable bonds is 9. The van der Waals surface area contributed by atoms with Crippen molar-refractivity contribution in [3.05, 3.63) is 92.6 Å². The van der Waals surface area contributed by atoms with Crippen LogP contribution in [0, 0.1) is 17.4 Å². The Labute approximate surface area is 209 Å². The maximum Gasteiger partial charge on any atom is 0.251 e. The summed E-state index contributed by atoms with van der Waals surface area (Å²) in [7, 11) is -3.46. The Morgan fingerprint density at radius 2 is 1.67 bits per heavy atom. The van der Waals surface area contributed by atoms with E-state index in [0.29, 0.717) is 24.4 Å². The molecule has 0 unspecified atom stereocenters. The third-order valence-corrected chi connectivity index (χ3v) is 6.89. The van der Waals surface area contributed by atoms with E-state index >= 15 is 0 Å². The van der Waals surface area contributed by atoms with Crippen molar-refractivity contribution < 1.29 is 17.9 Å². The van der Waals surface area contributed by atoms with E-state index in [9.17, 15) is 13.2 Å². The van der Waals surface area contributed by atoms with Gasteiger partial charge in [-0.15, -0.1) is 0 Å². The monoisotopic (exact) mass is 578 g/mol. The smallest absolute Gasteiger partial charge is 0.251 e. The van der Waals surface area contributed by atoms with Crippen molar-refractivity contribution in [1.82, 2.24) is 5.32 Å². The summed E-state index contributed by atoms with van der Waals surface area (Å²) >= 11 is 2.18. The van der Waals surface area contributed by atoms with E-state index in [0.717, 1.165) is 20.4 Å². The molecule has 0 radical (unpaired) electrons. The first kappa shape index (κ1) is 25.0. The molecular formula is C25H27IN2O4S. The minimum absolute atomic E-state index is 0.186. The number of halogens is 1. The Morgan fingerprint density at radius 1 is 1.00 bits per heavy atom. The van der Waals surface area contributed by atoms with Gasteiger partial charge in [-0.2, -0.15) is 0 Å². The molecule has 33 heavy (non-hydrogen) atoms. The molecule has 3 rings (SSSR count). The van der Waals surface area contributed by atoms with Gasteiger partial charge in [-0.1, -0.05) is 29.8 Å². The Hall–Kier alpha value is -2.59. The quantitative estimate of drug-likeness (QED) is 0.296. The molecule has 1 N–H and O–H groups in total. The summed E-state index contributed by atoms with van der Waals surface area (Å²) < 4.78 is 32.8. The number of amides is 1. The maximum atomic E-state index is 12.4. The zero-order valence-electron chi connectivity index (χ0n) is 18.8. The summed E-state index contributed by atoms with van der Waals surface area (Å²) in [5, 5.41) is 2.84. The van der Waals surface area contributed by atoms with E-state index in [1.54, 1.807) is 36.4 Å². The number of carbonyl (C=O) groups is 1. The van der Waals surface area contributed by atoms with Gasteiger partial charge in [0.15, 0.2) is 0 Å². The van der Waals surface area contributed by atoms with Gasteiger partial charge in [-0.3, -0.25) is 9.10 Å². The highest BCUT2D eigenvalue weighted by atomic mass is 127. The van der Waals surface area contributed by atoms with Gasteiger partial charge in [-0.05, 0) is 90.0 Å². The van der Waals surface area contributed by atoms with Crippen LogP contribution in [0.3, 0.4) is 0 Å². The fourth-order valence-corrected chi connectivity index (χ4v) is 4.57. The van der Waals surface area contributed by atoms with Crippen LogP contribution in [0.25, 0.3) is 0 Å². The molecule has 0 aromatic heterocycles. The molecule has 0 aliphatic heterocycles. The van der Waals surface area contributed by atoms with Crippen LogP contribution in [0.1, 0.15) is 27.0 Å². The predicted octanol–water partition coefficient (Wildman–Crippen LogP) is 4.68. The van der Waals surface area contributed by atoms with Crippen molar-refractivity contribution in [3.8, 4) is 5.75 Å². The molecule has 3 aromatic rings. The van der Waals surface area contributed by atoms with E-state index in [-0.39, 0.29) is 12.5 Å². The molecule has 3 aromatic carbocycles. The van der Waals surface area contributed by atoms with Gasteiger partial charge in [0, 0.05) is 9.13 Å². The zero-order chi connectivity index (χ0) is 24.0. The molecular weight excluding hydrogens is 551 g/mol. The number of sulfonamides is 1. The largest absolute Gasteiger partial charge is 0.491 e. The minimum atomic E-state index is -3.46. The van der Waals surface area contributed by atoms with Crippen LogP contribution < -0.4 is 14.4 Å². The van der Waals surface area contributed by atoms with E-state index in [2.05, 4.69) is 34.0 Å². The van der Waals surface area contributed by atoms with Crippen LogP contribution in [0.2, 0.25) is 0 Å². The lowest BCUT2D eigenvalue weighted by Crippen LogP contribution is -2.29. The maximum absolute atomic E-state index is 12.4. The lowest BCUT2D eigenvalue weighted by Gasteiger charge is -2.22. The number of aryl methyl sites for hydroxylation is 2. The molecule has 0 aliphatic carbocycles. The number of ether oxygens (including phenoxy) is 1. The van der Waals surface area contributed by atoms with E-state index in [4.69, 9.17) is 4.74 Å². The Morgan fingerprint density at radius 3 is 2.27 bits per heavy atom. The van der Waals surface area contributed by atoms with Gasteiger partial charge < -0.3 is 10.1 Å². The van der Waals surface area contributed by atoms with E-state index in [1.807, 2.05) is 38.1 Å². The third kappa shape index (κ3) is 7.20. The number of benzene rings is 3. The average Bonchev–Trinajstić information content (AvgIpc) is 2.76. The van der Waals surface area contributed by atoms with Gasteiger partial charge >= 0.3 is 0 Å². The molecule has 0 bridgehead atoms. The first-order chi connectivity index (χ1) is 15.6. The van der Waals surface area contributed by atoms with Crippen LogP contribution in [-0.2, 0) is 16.6 Å². The van der Waals surface area contributed by atoms with E-state index in [1.165, 1.54) is 16.1 Å². The zero-order valence-corrected chi connectivity index (χ0v) is 21.8. The molecule has 1 amide bonds. The first-order valence-corrected chi connectivity index (χ1v) is 13.4. The number of nitrogens with one attached hydrogen (secondary N) is 1. The second-order valence-corrected chi connectivity index (χ2v) is 11.0. The average molecular weight is 578 g/mol. The summed E-state index contributed by atoms with van der Waals surface area (Å²) in [6.45, 7) is 4.95. The van der Waals surface area contributed by atoms with Gasteiger partial charge in [0.25, 0.3) is 5.91 Å². The highest BCUT2D eigenvalue weighted by molar-refractivity contribution is 14.1. The van der Waals surface area contributed by atoms with Crippen LogP contribution in [-0.4, -0.2) is 33.7 Å². The van der Waals surface area contributed by atoms with Gasteiger partial charge in [0.05, 0.1) is 25.0 Å². The van der Waals surface area contributed by atoms with Gasteiger partial charge in [-0.25, -0.2) is 8.42 Å². The standard InChI is InChI=1S/C25H27IN2O4S/c1-18-4-13-24(19(2)16-18)32-15-14-27-25(29)21-7-5-20(6-8-21)17-28(33(3,30)31)23-11-9-22(26)10-12-23/h4-13,16H,14-15,17H2,1-3H3,(H,27,29). The second-order valence-electron chi connectivity index (χ2n) is 7.82. The van der Waals surface area contributed by atoms with Crippen molar-refractivity contribution >= 4 is 44.2 Å². The number of hydrogen-bond acceptors (Lipinski definition) is 4. The van der Waals surface area contributed by atoms with Crippen molar-refractivity contribution in [2.45, 2.75) is 20.4 Å². The molecule has 0 atom stereocenters. The number of carbonyl (C=O) groups excluding carboxylic acids is 1. The highest BCUT2D eigenvalue weighted by Crippen LogP contribution is 2.22. The van der Waals surface area contributed by atoms with Crippen molar-refractivity contribution in [1.29, 1.82) is 0 Å². The topological polar surface area (TPSA) is 75.7 Å². The van der Waals surface area contributed by atoms with Crippen LogP contribution in [0.4, 0.5) is 5.69 Å². The molecule has 0 spiro atoms. The Bertz CT molecular complexity index is 1210. The normalized spacial score (nSPS) is 11.2. The molecule has 8 heteroatoms. The predicted molar refractivity (Wildman–Crippen MR) is 140 cm³/mol. The summed E-state index contributed by atoms with van der Waals surface area (Å²) in [4.78, 5) is 12.4. The van der Waals surface area contributed by atoms with Crippen molar-refractivity contribution in [2.75, 3.05) is 23.7 Å². The Kier molecular flexibility index (Phi) is 8.36. The molecule has 0 aliphatic rings. The summed E-state index contributed by atoms with van der Waals surface area (Å²) in [5.74, 6) is 0.603. The first-order valence-electron chi connectivity index (χ1n) is 10.4. The minimum Gasteiger partial charge on any atom is -0.491 e. The summed E-state index contributed by atoms with van der Waals surface area (Å²) in [5.41, 5.74) is 4.13. The molecule has 174 valence electrons. The number of anilines is 1. The third-order valence-electron chi connectivity index (χ3n) is 5.03. The van der Waals surface area contributed by atoms with Crippen molar-refractivity contribution in [3.63, 3.8) is 0 Å². The van der Waals surface area contributed by atoms with Gasteiger partial charge in [0.2, 0.25) is 10.0 Å². The Balaban J connectivity index is 1.57. The SMILES string of the molecule is Cc1ccc(OCCNC(=O)c2ccc(CN(c3ccc(I)cc3)S(C)(=O)=O)cc2)c(C)c1. The summed E-state index contributed by atoms with van der Waals surface area (Å²) in [6, 6.07) is 20.2. The fraction of sp³-hybridized carbons (Fsp3) is 0.240. The highest BCUT2D eigenvalue weighted by Gasteiger charge is 2.18. The lowest BCUT2D eigenvalue weighted by molar-refractivity contribution is 0.0947. The van der Waals surface area contributed by atoms with Crippen molar-refractivity contribution in [2.24, 2.45) is 0 Å².